The number of carbonyl (C=O) groups is 1. The molecule has 1 aliphatic carbocycles. The van der Waals surface area contributed by atoms with Crippen molar-refractivity contribution in [1.82, 2.24) is 5.32 Å². The van der Waals surface area contributed by atoms with Crippen LogP contribution in [0.15, 0.2) is 11.4 Å². The maximum Gasteiger partial charge on any atom is 0.222 e. The molecule has 0 aromatic carbocycles. The largest absolute Gasteiger partial charge is 0.351 e. The number of nitrogens with one attached hydrogen (secondary N) is 1. The molecular weight excluding hydrogens is 232 g/mol. The maximum absolute atomic E-state index is 11.8. The van der Waals surface area contributed by atoms with Gasteiger partial charge in [-0.05, 0) is 42.7 Å². The van der Waals surface area contributed by atoms with Gasteiger partial charge in [0.1, 0.15) is 0 Å². The van der Waals surface area contributed by atoms with E-state index in [4.69, 9.17) is 5.73 Å². The Bertz CT molecular complexity index is 396. The minimum absolute atomic E-state index is 0.0858. The molecule has 3 nitrogen and oxygen atoms in total. The van der Waals surface area contributed by atoms with Crippen LogP contribution in [0.3, 0.4) is 0 Å². The minimum atomic E-state index is -0.215. The molecule has 1 heterocycles. The van der Waals surface area contributed by atoms with Gasteiger partial charge >= 0.3 is 0 Å². The number of nitrogens with two attached hydrogens (primary N) is 1. The van der Waals surface area contributed by atoms with E-state index in [-0.39, 0.29) is 11.4 Å². The van der Waals surface area contributed by atoms with Crippen molar-refractivity contribution in [3.05, 3.63) is 21.9 Å². The van der Waals surface area contributed by atoms with Crippen LogP contribution in [0.25, 0.3) is 0 Å². The van der Waals surface area contributed by atoms with Crippen molar-refractivity contribution in [1.29, 1.82) is 0 Å². The molecule has 0 spiro atoms. The van der Waals surface area contributed by atoms with Crippen LogP contribution in [0.2, 0.25) is 0 Å². The third kappa shape index (κ3) is 3.07. The molecule has 1 aromatic heterocycles. The number of amides is 1. The summed E-state index contributed by atoms with van der Waals surface area (Å²) in [5, 5.41) is 5.06. The van der Waals surface area contributed by atoms with Crippen molar-refractivity contribution in [2.24, 2.45) is 5.73 Å². The number of carbonyl (C=O) groups excluding carboxylic acids is 1. The summed E-state index contributed by atoms with van der Waals surface area (Å²) in [4.78, 5) is 13.0. The van der Waals surface area contributed by atoms with E-state index in [9.17, 15) is 4.79 Å². The standard InChI is InChI=1S/C13H20N2OS/c1-2-10-4-7-17-11(10)9-15-12(16)8-13(14)5-3-6-13/h4,7H,2-3,5-6,8-9,14H2,1H3,(H,15,16). The van der Waals surface area contributed by atoms with Crippen molar-refractivity contribution < 1.29 is 4.79 Å². The van der Waals surface area contributed by atoms with Crippen LogP contribution in [0.1, 0.15) is 43.0 Å². The molecule has 1 aliphatic rings. The zero-order valence-electron chi connectivity index (χ0n) is 10.3. The highest BCUT2D eigenvalue weighted by Crippen LogP contribution is 2.31. The van der Waals surface area contributed by atoms with Gasteiger partial charge < -0.3 is 11.1 Å². The fourth-order valence-corrected chi connectivity index (χ4v) is 3.12. The Hall–Kier alpha value is -0.870. The highest BCUT2D eigenvalue weighted by atomic mass is 32.1. The molecule has 0 atom stereocenters. The molecule has 0 unspecified atom stereocenters. The zero-order chi connectivity index (χ0) is 12.3. The second-order valence-electron chi connectivity index (χ2n) is 4.89. The lowest BCUT2D eigenvalue weighted by Gasteiger charge is -2.37. The van der Waals surface area contributed by atoms with E-state index in [0.29, 0.717) is 13.0 Å². The number of rotatable bonds is 5. The van der Waals surface area contributed by atoms with Gasteiger partial charge in [0.25, 0.3) is 0 Å². The van der Waals surface area contributed by atoms with Crippen molar-refractivity contribution in [3.8, 4) is 0 Å². The van der Waals surface area contributed by atoms with Gasteiger partial charge in [0.05, 0.1) is 6.54 Å². The van der Waals surface area contributed by atoms with Crippen molar-refractivity contribution in [2.75, 3.05) is 0 Å². The topological polar surface area (TPSA) is 55.1 Å². The summed E-state index contributed by atoms with van der Waals surface area (Å²) in [6.45, 7) is 2.78. The summed E-state index contributed by atoms with van der Waals surface area (Å²) in [7, 11) is 0. The quantitative estimate of drug-likeness (QED) is 0.844. The van der Waals surface area contributed by atoms with Gasteiger partial charge in [-0.2, -0.15) is 0 Å². The molecule has 0 aliphatic heterocycles. The summed E-state index contributed by atoms with van der Waals surface area (Å²) in [6, 6.07) is 2.13. The fraction of sp³-hybridized carbons (Fsp3) is 0.615. The monoisotopic (exact) mass is 252 g/mol. The Morgan fingerprint density at radius 3 is 2.94 bits per heavy atom. The molecule has 0 bridgehead atoms. The zero-order valence-corrected chi connectivity index (χ0v) is 11.1. The Labute approximate surface area is 106 Å². The van der Waals surface area contributed by atoms with Gasteiger partial charge in [-0.1, -0.05) is 6.92 Å². The first-order valence-corrected chi connectivity index (χ1v) is 7.12. The second kappa shape index (κ2) is 5.19. The molecule has 0 saturated heterocycles. The Balaban J connectivity index is 1.80. The summed E-state index contributed by atoms with van der Waals surface area (Å²) in [5.41, 5.74) is 7.17. The van der Waals surface area contributed by atoms with E-state index in [2.05, 4.69) is 23.7 Å². The van der Waals surface area contributed by atoms with Gasteiger partial charge in [-0.15, -0.1) is 11.3 Å². The van der Waals surface area contributed by atoms with Gasteiger partial charge in [-0.25, -0.2) is 0 Å². The Morgan fingerprint density at radius 1 is 1.59 bits per heavy atom. The van der Waals surface area contributed by atoms with Gasteiger partial charge in [0, 0.05) is 16.8 Å². The van der Waals surface area contributed by atoms with Crippen molar-refractivity contribution in [2.45, 2.75) is 51.1 Å². The van der Waals surface area contributed by atoms with Crippen LogP contribution in [-0.4, -0.2) is 11.4 Å². The highest BCUT2D eigenvalue weighted by Gasteiger charge is 2.34. The van der Waals surface area contributed by atoms with Crippen LogP contribution in [0.4, 0.5) is 0 Å². The molecule has 1 fully saturated rings. The minimum Gasteiger partial charge on any atom is -0.351 e. The smallest absolute Gasteiger partial charge is 0.222 e. The van der Waals surface area contributed by atoms with Crippen molar-refractivity contribution in [3.63, 3.8) is 0 Å². The van der Waals surface area contributed by atoms with E-state index < -0.39 is 0 Å². The number of hydrogen-bond acceptors (Lipinski definition) is 3. The van der Waals surface area contributed by atoms with Gasteiger partial charge in [-0.3, -0.25) is 4.79 Å². The normalized spacial score (nSPS) is 17.5. The molecule has 94 valence electrons. The van der Waals surface area contributed by atoms with E-state index in [0.717, 1.165) is 25.7 Å². The first kappa shape index (κ1) is 12.6. The van der Waals surface area contributed by atoms with Gasteiger partial charge in [0.15, 0.2) is 0 Å². The van der Waals surface area contributed by atoms with E-state index in [1.807, 2.05) is 0 Å². The van der Waals surface area contributed by atoms with Gasteiger partial charge in [0.2, 0.25) is 5.91 Å². The molecule has 4 heteroatoms. The second-order valence-corrected chi connectivity index (χ2v) is 5.89. The van der Waals surface area contributed by atoms with Crippen LogP contribution in [0, 0.1) is 0 Å². The predicted molar refractivity (Wildman–Crippen MR) is 70.9 cm³/mol. The molecule has 1 saturated carbocycles. The lowest BCUT2D eigenvalue weighted by atomic mass is 9.75. The lowest BCUT2D eigenvalue weighted by molar-refractivity contribution is -0.123. The van der Waals surface area contributed by atoms with Crippen LogP contribution in [0.5, 0.6) is 0 Å². The third-order valence-corrected chi connectivity index (χ3v) is 4.49. The van der Waals surface area contributed by atoms with Crippen LogP contribution >= 0.6 is 11.3 Å². The SMILES string of the molecule is CCc1ccsc1CNC(=O)CC1(N)CCC1. The predicted octanol–water partition coefficient (Wildman–Crippen LogP) is 2.20. The number of hydrogen-bond donors (Lipinski definition) is 2. The Morgan fingerprint density at radius 2 is 2.35 bits per heavy atom. The summed E-state index contributed by atoms with van der Waals surface area (Å²) in [5.74, 6) is 0.0858. The summed E-state index contributed by atoms with van der Waals surface area (Å²) < 4.78 is 0. The van der Waals surface area contributed by atoms with Crippen LogP contribution < -0.4 is 11.1 Å². The van der Waals surface area contributed by atoms with Crippen LogP contribution in [-0.2, 0) is 17.8 Å². The lowest BCUT2D eigenvalue weighted by Crippen LogP contribution is -2.49. The number of aryl methyl sites for hydroxylation is 1. The average molecular weight is 252 g/mol. The van der Waals surface area contributed by atoms with Crippen molar-refractivity contribution >= 4 is 17.2 Å². The summed E-state index contributed by atoms with van der Waals surface area (Å²) in [6.07, 6.45) is 4.63. The van der Waals surface area contributed by atoms with E-state index >= 15 is 0 Å². The number of thiophene rings is 1. The first-order valence-electron chi connectivity index (χ1n) is 6.24. The molecule has 0 radical (unpaired) electrons. The maximum atomic E-state index is 11.8. The average Bonchev–Trinajstić information content (AvgIpc) is 2.71. The molecule has 1 amide bonds. The fourth-order valence-electron chi connectivity index (χ4n) is 2.21. The molecule has 1 aromatic rings. The summed E-state index contributed by atoms with van der Waals surface area (Å²) >= 11 is 1.71. The molecule has 17 heavy (non-hydrogen) atoms. The third-order valence-electron chi connectivity index (χ3n) is 3.53. The molecule has 3 N–H and O–H groups in total. The molecule has 2 rings (SSSR count). The van der Waals surface area contributed by atoms with E-state index in [1.54, 1.807) is 11.3 Å². The Kier molecular flexibility index (Phi) is 3.84. The molecular formula is C13H20N2OS. The van der Waals surface area contributed by atoms with E-state index in [1.165, 1.54) is 10.4 Å². The highest BCUT2D eigenvalue weighted by molar-refractivity contribution is 7.10. The first-order chi connectivity index (χ1) is 8.13.